The molecule has 1 aromatic carbocycles. The summed E-state index contributed by atoms with van der Waals surface area (Å²) in [6.07, 6.45) is 3.29. The van der Waals surface area contributed by atoms with Crippen molar-refractivity contribution in [2.24, 2.45) is 0 Å². The number of ketones is 1. The van der Waals surface area contributed by atoms with Gasteiger partial charge < -0.3 is 0 Å². The van der Waals surface area contributed by atoms with Crippen LogP contribution >= 0.6 is 27.3 Å². The Morgan fingerprint density at radius 3 is 2.50 bits per heavy atom. The van der Waals surface area contributed by atoms with Gasteiger partial charge in [-0.15, -0.1) is 11.3 Å². The van der Waals surface area contributed by atoms with E-state index >= 15 is 0 Å². The van der Waals surface area contributed by atoms with Gasteiger partial charge in [0.15, 0.2) is 5.78 Å². The Hall–Kier alpha value is -1.70. The topological polar surface area (TPSA) is 40.9 Å². The molecule has 0 amide bonds. The predicted molar refractivity (Wildman–Crippen MR) is 76.5 cm³/mol. The van der Waals surface area contributed by atoms with Gasteiger partial charge in [0.25, 0.3) is 0 Å². The Bertz CT molecular complexity index is 635. The largest absolute Gasteiger partial charge is 0.288 e. The first-order chi connectivity index (χ1) is 8.69. The molecule has 0 atom stereocenters. The molecule has 0 unspecified atom stereocenters. The third-order valence-electron chi connectivity index (χ3n) is 2.28. The first-order valence-electron chi connectivity index (χ1n) is 5.17. The van der Waals surface area contributed by atoms with Crippen LogP contribution in [0.25, 0.3) is 6.08 Å². The highest BCUT2D eigenvalue weighted by Gasteiger charge is 2.04. The van der Waals surface area contributed by atoms with Crippen molar-refractivity contribution in [2.75, 3.05) is 0 Å². The molecule has 4 heteroatoms. The van der Waals surface area contributed by atoms with Crippen molar-refractivity contribution in [3.05, 3.63) is 62.3 Å². The fourth-order valence-corrected chi connectivity index (χ4v) is 2.68. The van der Waals surface area contributed by atoms with Gasteiger partial charge in [-0.25, -0.2) is 0 Å². The van der Waals surface area contributed by atoms with Crippen LogP contribution in [0.3, 0.4) is 0 Å². The lowest BCUT2D eigenvalue weighted by Crippen LogP contribution is -1.88. The second-order valence-corrected chi connectivity index (χ2v) is 6.00. The van der Waals surface area contributed by atoms with Gasteiger partial charge >= 0.3 is 0 Å². The lowest BCUT2D eigenvalue weighted by Gasteiger charge is -1.93. The second kappa shape index (κ2) is 5.76. The zero-order valence-corrected chi connectivity index (χ0v) is 11.7. The normalized spacial score (nSPS) is 10.4. The number of carbonyl (C=O) groups excluding carboxylic acids is 1. The summed E-state index contributed by atoms with van der Waals surface area (Å²) in [6.45, 7) is 0. The van der Waals surface area contributed by atoms with Crippen LogP contribution in [0.1, 0.15) is 20.8 Å². The van der Waals surface area contributed by atoms with Gasteiger partial charge in [0, 0.05) is 0 Å². The van der Waals surface area contributed by atoms with Crippen LogP contribution in [-0.4, -0.2) is 5.78 Å². The van der Waals surface area contributed by atoms with Crippen molar-refractivity contribution in [3.8, 4) is 6.07 Å². The van der Waals surface area contributed by atoms with E-state index in [2.05, 4.69) is 22.0 Å². The number of benzene rings is 1. The maximum Gasteiger partial charge on any atom is 0.195 e. The highest BCUT2D eigenvalue weighted by molar-refractivity contribution is 9.11. The van der Waals surface area contributed by atoms with Gasteiger partial charge in [-0.1, -0.05) is 18.2 Å². The molecule has 0 aliphatic carbocycles. The van der Waals surface area contributed by atoms with Gasteiger partial charge in [0.1, 0.15) is 0 Å². The van der Waals surface area contributed by atoms with Gasteiger partial charge in [-0.05, 0) is 51.8 Å². The van der Waals surface area contributed by atoms with E-state index in [-0.39, 0.29) is 5.78 Å². The Morgan fingerprint density at radius 2 is 1.94 bits per heavy atom. The molecule has 1 heterocycles. The zero-order chi connectivity index (χ0) is 13.0. The van der Waals surface area contributed by atoms with E-state index in [1.165, 1.54) is 11.3 Å². The molecule has 1 aromatic heterocycles. The number of nitrogens with zero attached hydrogens (tertiary/aromatic N) is 1. The highest BCUT2D eigenvalue weighted by Crippen LogP contribution is 2.22. The van der Waals surface area contributed by atoms with Crippen LogP contribution in [-0.2, 0) is 0 Å². The van der Waals surface area contributed by atoms with Crippen molar-refractivity contribution in [3.63, 3.8) is 0 Å². The van der Waals surface area contributed by atoms with Crippen LogP contribution < -0.4 is 0 Å². The number of hydrogen-bond acceptors (Lipinski definition) is 3. The zero-order valence-electron chi connectivity index (χ0n) is 9.26. The summed E-state index contributed by atoms with van der Waals surface area (Å²) in [7, 11) is 0. The maximum atomic E-state index is 11.8. The molecule has 0 spiro atoms. The second-order valence-electron chi connectivity index (χ2n) is 3.54. The Balaban J connectivity index is 2.11. The average Bonchev–Trinajstić information content (AvgIpc) is 2.83. The number of thiophene rings is 1. The van der Waals surface area contributed by atoms with Crippen molar-refractivity contribution in [1.29, 1.82) is 5.26 Å². The highest BCUT2D eigenvalue weighted by atomic mass is 79.9. The summed E-state index contributed by atoms with van der Waals surface area (Å²) in [5, 5.41) is 8.67. The molecule has 0 saturated carbocycles. The van der Waals surface area contributed by atoms with E-state index in [0.29, 0.717) is 10.4 Å². The molecule has 2 rings (SSSR count). The van der Waals surface area contributed by atoms with Gasteiger partial charge in [-0.2, -0.15) is 5.26 Å². The quantitative estimate of drug-likeness (QED) is 0.626. The van der Waals surface area contributed by atoms with Crippen molar-refractivity contribution in [2.45, 2.75) is 0 Å². The lowest BCUT2D eigenvalue weighted by molar-refractivity contribution is 0.105. The van der Waals surface area contributed by atoms with Crippen LogP contribution in [0.5, 0.6) is 0 Å². The summed E-state index contributed by atoms with van der Waals surface area (Å²) in [5.74, 6) is -0.0185. The molecule has 0 bridgehead atoms. The third kappa shape index (κ3) is 3.16. The SMILES string of the molecule is N#Cc1ccc(/C=C/C(=O)c2ccc(Br)s2)cc1. The molecule has 0 fully saturated rings. The molecule has 0 aliphatic heterocycles. The van der Waals surface area contributed by atoms with E-state index in [0.717, 1.165) is 9.35 Å². The van der Waals surface area contributed by atoms with Gasteiger partial charge in [-0.3, -0.25) is 4.79 Å². The molecule has 2 aromatic rings. The number of halogens is 1. The number of nitriles is 1. The van der Waals surface area contributed by atoms with E-state index in [1.807, 2.05) is 18.2 Å². The third-order valence-corrected chi connectivity index (χ3v) is 3.92. The van der Waals surface area contributed by atoms with E-state index < -0.39 is 0 Å². The van der Waals surface area contributed by atoms with E-state index in [4.69, 9.17) is 5.26 Å². The van der Waals surface area contributed by atoms with E-state index in [1.54, 1.807) is 30.4 Å². The summed E-state index contributed by atoms with van der Waals surface area (Å²) < 4.78 is 0.942. The fourth-order valence-electron chi connectivity index (χ4n) is 1.37. The summed E-state index contributed by atoms with van der Waals surface area (Å²) in [6, 6.07) is 12.8. The summed E-state index contributed by atoms with van der Waals surface area (Å²) in [4.78, 5) is 12.5. The number of allylic oxidation sites excluding steroid dienone is 1. The van der Waals surface area contributed by atoms with Crippen molar-refractivity contribution >= 4 is 39.1 Å². The lowest BCUT2D eigenvalue weighted by atomic mass is 10.1. The molecule has 0 aliphatic rings. The first kappa shape index (κ1) is 12.7. The average molecular weight is 318 g/mol. The van der Waals surface area contributed by atoms with Crippen LogP contribution in [0.15, 0.2) is 46.3 Å². The van der Waals surface area contributed by atoms with Crippen LogP contribution in [0, 0.1) is 11.3 Å². The molecular weight excluding hydrogens is 310 g/mol. The van der Waals surface area contributed by atoms with Gasteiger partial charge in [0.2, 0.25) is 0 Å². The number of carbonyl (C=O) groups is 1. The fraction of sp³-hybridized carbons (Fsp3) is 0. The molecule has 0 N–H and O–H groups in total. The van der Waals surface area contributed by atoms with Crippen molar-refractivity contribution < 1.29 is 4.79 Å². The summed E-state index contributed by atoms with van der Waals surface area (Å²) >= 11 is 4.73. The molecule has 18 heavy (non-hydrogen) atoms. The predicted octanol–water partition coefficient (Wildman–Crippen LogP) is 4.28. The standard InChI is InChI=1S/C14H8BrNOS/c15-14-8-7-13(18-14)12(17)6-5-10-1-3-11(9-16)4-2-10/h1-8H/b6-5+. The minimum absolute atomic E-state index is 0.0185. The summed E-state index contributed by atoms with van der Waals surface area (Å²) in [5.41, 5.74) is 1.51. The maximum absolute atomic E-state index is 11.8. The van der Waals surface area contributed by atoms with Crippen molar-refractivity contribution in [1.82, 2.24) is 0 Å². The molecule has 0 saturated heterocycles. The molecule has 0 radical (unpaired) electrons. The van der Waals surface area contributed by atoms with E-state index in [9.17, 15) is 4.79 Å². The Labute approximate surface area is 117 Å². The Morgan fingerprint density at radius 1 is 1.22 bits per heavy atom. The smallest absolute Gasteiger partial charge is 0.195 e. The van der Waals surface area contributed by atoms with Crippen LogP contribution in [0.4, 0.5) is 0 Å². The van der Waals surface area contributed by atoms with Gasteiger partial charge in [0.05, 0.1) is 20.3 Å². The monoisotopic (exact) mass is 317 g/mol. The minimum atomic E-state index is -0.0185. The number of hydrogen-bond donors (Lipinski definition) is 0. The number of rotatable bonds is 3. The molecule has 88 valence electrons. The first-order valence-corrected chi connectivity index (χ1v) is 6.78. The minimum Gasteiger partial charge on any atom is -0.288 e. The molecular formula is C14H8BrNOS. The molecule has 2 nitrogen and oxygen atoms in total. The van der Waals surface area contributed by atoms with Crippen LogP contribution in [0.2, 0.25) is 0 Å². The Kier molecular flexibility index (Phi) is 4.08.